The Morgan fingerprint density at radius 1 is 1.36 bits per heavy atom. The van der Waals surface area contributed by atoms with Gasteiger partial charge in [-0.15, -0.1) is 28.4 Å². The first-order valence-electron chi connectivity index (χ1n) is 7.17. The van der Waals surface area contributed by atoms with Gasteiger partial charge in [0.1, 0.15) is 12.7 Å². The molecule has 0 bridgehead atoms. The first-order chi connectivity index (χ1) is 9.96. The lowest BCUT2D eigenvalue weighted by Gasteiger charge is -2.27. The molecule has 9 heteroatoms. The van der Waals surface area contributed by atoms with Gasteiger partial charge in [0.25, 0.3) is 5.88 Å². The minimum atomic E-state index is -0.580. The van der Waals surface area contributed by atoms with E-state index in [0.29, 0.717) is 25.6 Å². The van der Waals surface area contributed by atoms with Gasteiger partial charge in [0.05, 0.1) is 24.9 Å². The topological polar surface area (TPSA) is 79.7 Å². The van der Waals surface area contributed by atoms with Gasteiger partial charge < -0.3 is 24.8 Å². The number of hydrogen-bond acceptors (Lipinski definition) is 8. The second kappa shape index (κ2) is 9.16. The summed E-state index contributed by atoms with van der Waals surface area (Å²) in [5, 5.41) is 13.2. The minimum Gasteiger partial charge on any atom is -0.472 e. The van der Waals surface area contributed by atoms with Gasteiger partial charge in [-0.05, 0) is 20.8 Å². The number of β-amino-alcohol motifs (C(OH)–C–C–N with tert-alkyl or cyclic N) is 1. The Morgan fingerprint density at radius 3 is 2.68 bits per heavy atom. The summed E-state index contributed by atoms with van der Waals surface area (Å²) in [5.41, 5.74) is -0.0257. The van der Waals surface area contributed by atoms with Crippen LogP contribution < -0.4 is 15.0 Å². The quantitative estimate of drug-likeness (QED) is 0.637. The zero-order valence-electron chi connectivity index (χ0n) is 13.2. The highest BCUT2D eigenvalue weighted by Crippen LogP contribution is 2.26. The maximum Gasteiger partial charge on any atom is 0.270 e. The van der Waals surface area contributed by atoms with Crippen molar-refractivity contribution in [1.29, 1.82) is 0 Å². The van der Waals surface area contributed by atoms with Crippen LogP contribution in [0.15, 0.2) is 0 Å². The third kappa shape index (κ3) is 6.49. The van der Waals surface area contributed by atoms with Gasteiger partial charge in [0.2, 0.25) is 5.82 Å². The number of aromatic nitrogens is 2. The third-order valence-corrected chi connectivity index (χ3v) is 3.54. The zero-order valence-corrected chi connectivity index (χ0v) is 16.4. The Labute approximate surface area is 152 Å². The van der Waals surface area contributed by atoms with E-state index in [4.69, 9.17) is 9.47 Å². The van der Waals surface area contributed by atoms with E-state index in [1.54, 1.807) is 0 Å². The lowest BCUT2D eigenvalue weighted by atomic mass is 10.1. The number of hydrogen-bond donors (Lipinski definition) is 2. The van der Waals surface area contributed by atoms with Crippen LogP contribution in [0.5, 0.6) is 5.88 Å². The maximum atomic E-state index is 9.95. The first-order valence-corrected chi connectivity index (χ1v) is 7.90. The Morgan fingerprint density at radius 2 is 2.05 bits per heavy atom. The standard InChI is InChI=1S/C13H24N4O3S.HI/c1-13(2,3)14-8-10(18)9-20-12-11(15-21-16-12)17-4-6-19-7-5-17;/h10,14,18H,4-9H2,1-3H3;1H. The number of nitrogens with one attached hydrogen (secondary N) is 1. The molecule has 7 nitrogen and oxygen atoms in total. The minimum absolute atomic E-state index is 0. The van der Waals surface area contributed by atoms with Crippen molar-refractivity contribution in [3.8, 4) is 5.88 Å². The summed E-state index contributed by atoms with van der Waals surface area (Å²) in [5.74, 6) is 1.25. The van der Waals surface area contributed by atoms with Crippen molar-refractivity contribution in [1.82, 2.24) is 14.1 Å². The molecule has 1 atom stereocenters. The Bertz CT molecular complexity index is 435. The summed E-state index contributed by atoms with van der Waals surface area (Å²) in [7, 11) is 0. The fourth-order valence-corrected chi connectivity index (χ4v) is 2.41. The second-order valence-electron chi connectivity index (χ2n) is 6.09. The van der Waals surface area contributed by atoms with Crippen LogP contribution in [0.4, 0.5) is 5.82 Å². The molecule has 1 fully saturated rings. The zero-order chi connectivity index (χ0) is 15.3. The number of morpholine rings is 1. The van der Waals surface area contributed by atoms with Gasteiger partial charge >= 0.3 is 0 Å². The van der Waals surface area contributed by atoms with E-state index >= 15 is 0 Å². The number of nitrogens with zero attached hydrogens (tertiary/aromatic N) is 3. The van der Waals surface area contributed by atoms with Crippen molar-refractivity contribution in [3.63, 3.8) is 0 Å². The molecule has 2 heterocycles. The lowest BCUT2D eigenvalue weighted by molar-refractivity contribution is 0.0975. The molecule has 1 aromatic heterocycles. The fraction of sp³-hybridized carbons (Fsp3) is 0.846. The van der Waals surface area contributed by atoms with Gasteiger partial charge in [-0.3, -0.25) is 0 Å². The predicted molar refractivity (Wildman–Crippen MR) is 97.6 cm³/mol. The van der Waals surface area contributed by atoms with E-state index in [-0.39, 0.29) is 36.1 Å². The summed E-state index contributed by atoms with van der Waals surface area (Å²) >= 11 is 1.12. The molecule has 2 N–H and O–H groups in total. The van der Waals surface area contributed by atoms with Crippen LogP contribution in [0.1, 0.15) is 20.8 Å². The van der Waals surface area contributed by atoms with Gasteiger partial charge in [-0.25, -0.2) is 0 Å². The Balaban J connectivity index is 0.00000242. The smallest absolute Gasteiger partial charge is 0.270 e. The molecule has 1 aliphatic rings. The van der Waals surface area contributed by atoms with Crippen molar-refractivity contribution in [3.05, 3.63) is 0 Å². The van der Waals surface area contributed by atoms with E-state index in [0.717, 1.165) is 30.6 Å². The van der Waals surface area contributed by atoms with Crippen LogP contribution in [0.3, 0.4) is 0 Å². The van der Waals surface area contributed by atoms with Crippen LogP contribution in [0.2, 0.25) is 0 Å². The van der Waals surface area contributed by atoms with E-state index in [2.05, 4.69) is 39.7 Å². The van der Waals surface area contributed by atoms with Crippen LogP contribution in [0.25, 0.3) is 0 Å². The predicted octanol–water partition coefficient (Wildman–Crippen LogP) is 1.12. The third-order valence-electron chi connectivity index (χ3n) is 3.03. The van der Waals surface area contributed by atoms with E-state index in [9.17, 15) is 5.11 Å². The molecule has 1 unspecified atom stereocenters. The fourth-order valence-electron chi connectivity index (χ4n) is 1.89. The number of aliphatic hydroxyl groups excluding tert-OH is 1. The van der Waals surface area contributed by atoms with E-state index < -0.39 is 6.10 Å². The molecule has 0 aliphatic carbocycles. The number of rotatable bonds is 6. The summed E-state index contributed by atoms with van der Waals surface area (Å²) < 4.78 is 19.4. The number of ether oxygens (including phenoxy) is 2. The molecule has 2 rings (SSSR count). The first kappa shape index (κ1) is 19.8. The molecule has 22 heavy (non-hydrogen) atoms. The van der Waals surface area contributed by atoms with Crippen molar-refractivity contribution >= 4 is 41.5 Å². The lowest BCUT2D eigenvalue weighted by Crippen LogP contribution is -2.42. The second-order valence-corrected chi connectivity index (χ2v) is 6.62. The molecule has 0 aromatic carbocycles. The molecule has 128 valence electrons. The molecule has 0 saturated carbocycles. The number of anilines is 1. The molecule has 0 spiro atoms. The van der Waals surface area contributed by atoms with Crippen molar-refractivity contribution in [2.75, 3.05) is 44.4 Å². The van der Waals surface area contributed by atoms with Gasteiger partial charge in [0, 0.05) is 25.2 Å². The Kier molecular flexibility index (Phi) is 8.25. The molecule has 1 aromatic rings. The van der Waals surface area contributed by atoms with Gasteiger partial charge in [-0.2, -0.15) is 4.37 Å². The number of halogens is 1. The Hall–Kier alpha value is -0.230. The SMILES string of the molecule is CC(C)(C)NCC(O)COc1nsnc1N1CCOCC1.I. The summed E-state index contributed by atoms with van der Waals surface area (Å²) in [6.45, 7) is 9.81. The normalized spacial score (nSPS) is 17.0. The highest BCUT2D eigenvalue weighted by molar-refractivity contribution is 14.0. The largest absolute Gasteiger partial charge is 0.472 e. The summed E-state index contributed by atoms with van der Waals surface area (Å²) in [4.78, 5) is 2.10. The summed E-state index contributed by atoms with van der Waals surface area (Å²) in [6.07, 6.45) is -0.580. The van der Waals surface area contributed by atoms with Crippen LogP contribution in [0, 0.1) is 0 Å². The molecule has 1 saturated heterocycles. The molecule has 1 aliphatic heterocycles. The average Bonchev–Trinajstić information content (AvgIpc) is 2.91. The van der Waals surface area contributed by atoms with Gasteiger partial charge in [-0.1, -0.05) is 0 Å². The maximum absolute atomic E-state index is 9.95. The van der Waals surface area contributed by atoms with E-state index in [1.807, 2.05) is 0 Å². The molecule has 0 radical (unpaired) electrons. The van der Waals surface area contributed by atoms with Gasteiger partial charge in [0.15, 0.2) is 0 Å². The highest BCUT2D eigenvalue weighted by Gasteiger charge is 2.21. The monoisotopic (exact) mass is 444 g/mol. The van der Waals surface area contributed by atoms with Crippen molar-refractivity contribution in [2.45, 2.75) is 32.4 Å². The highest BCUT2D eigenvalue weighted by atomic mass is 127. The summed E-state index contributed by atoms with van der Waals surface area (Å²) in [6, 6.07) is 0. The van der Waals surface area contributed by atoms with E-state index in [1.165, 1.54) is 0 Å². The molecule has 0 amide bonds. The van der Waals surface area contributed by atoms with Crippen molar-refractivity contribution < 1.29 is 14.6 Å². The molecular weight excluding hydrogens is 419 g/mol. The number of aliphatic hydroxyl groups is 1. The van der Waals surface area contributed by atoms with Crippen LogP contribution in [-0.2, 0) is 4.74 Å². The van der Waals surface area contributed by atoms with Crippen LogP contribution in [-0.4, -0.2) is 65.0 Å². The molecular formula is C13H25IN4O3S. The average molecular weight is 444 g/mol. The van der Waals surface area contributed by atoms with Crippen LogP contribution >= 0.6 is 35.7 Å². The van der Waals surface area contributed by atoms with Crippen molar-refractivity contribution in [2.24, 2.45) is 0 Å².